The number of para-hydroxylation sites is 1. The molecule has 0 saturated heterocycles. The summed E-state index contributed by atoms with van der Waals surface area (Å²) in [6, 6.07) is 15.4. The molecule has 4 N–H and O–H groups in total. The van der Waals surface area contributed by atoms with Crippen molar-refractivity contribution in [1.29, 1.82) is 0 Å². The fourth-order valence-corrected chi connectivity index (χ4v) is 3.53. The summed E-state index contributed by atoms with van der Waals surface area (Å²) in [5.41, 5.74) is 11.9. The van der Waals surface area contributed by atoms with E-state index in [2.05, 4.69) is 19.9 Å². The summed E-state index contributed by atoms with van der Waals surface area (Å²) < 4.78 is 40.7. The molecule has 2 aromatic heterocycles. The molecule has 2 heterocycles. The van der Waals surface area contributed by atoms with Gasteiger partial charge in [0.15, 0.2) is 11.6 Å². The Morgan fingerprint density at radius 2 is 1.58 bits per heavy atom. The summed E-state index contributed by atoms with van der Waals surface area (Å²) in [4.78, 5) is 17.6. The van der Waals surface area contributed by atoms with Gasteiger partial charge in [-0.15, -0.1) is 11.3 Å². The van der Waals surface area contributed by atoms with Crippen LogP contribution in [0.25, 0.3) is 22.1 Å². The molecule has 4 aromatic rings. The lowest BCUT2D eigenvalue weighted by atomic mass is 10.1. The van der Waals surface area contributed by atoms with E-state index in [-0.39, 0.29) is 29.0 Å². The highest BCUT2D eigenvalue weighted by Crippen LogP contribution is 2.36. The van der Waals surface area contributed by atoms with Gasteiger partial charge in [0.05, 0.1) is 10.4 Å². The van der Waals surface area contributed by atoms with Crippen LogP contribution in [0.1, 0.15) is 11.1 Å². The lowest BCUT2D eigenvalue weighted by Gasteiger charge is -2.12. The largest absolute Gasteiger partial charge is 0.417 e. The number of aliphatic imine (C=N–C) groups is 1. The standard InChI is InChI=1S/C21H15F3N6S/c22-21(23,24)14-8-3-1-6-12(14)18-28-19(16-10-5-11-31-16)30-20(29-18)27-17(26)13-7-2-4-9-15(13)25/h1-11H,25H2,(H2,26,27,28,29,30). The molecule has 0 amide bonds. The van der Waals surface area contributed by atoms with Crippen LogP contribution in [-0.2, 0) is 6.18 Å². The van der Waals surface area contributed by atoms with Crippen molar-refractivity contribution in [2.45, 2.75) is 6.18 Å². The summed E-state index contributed by atoms with van der Waals surface area (Å²) in [5.74, 6) is -0.0360. The number of rotatable bonds is 4. The molecular weight excluding hydrogens is 425 g/mol. The first-order chi connectivity index (χ1) is 14.8. The first-order valence-electron chi connectivity index (χ1n) is 8.98. The number of hydrogen-bond donors (Lipinski definition) is 2. The van der Waals surface area contributed by atoms with Crippen LogP contribution in [-0.4, -0.2) is 20.8 Å². The minimum absolute atomic E-state index is 0.0384. The quantitative estimate of drug-likeness (QED) is 0.267. The van der Waals surface area contributed by atoms with E-state index < -0.39 is 11.7 Å². The van der Waals surface area contributed by atoms with Gasteiger partial charge in [0.1, 0.15) is 5.84 Å². The maximum atomic E-state index is 13.6. The second-order valence-electron chi connectivity index (χ2n) is 6.39. The van der Waals surface area contributed by atoms with E-state index in [0.29, 0.717) is 16.1 Å². The van der Waals surface area contributed by atoms with E-state index in [1.807, 2.05) is 5.38 Å². The molecule has 10 heteroatoms. The van der Waals surface area contributed by atoms with Crippen molar-refractivity contribution in [2.75, 3.05) is 5.73 Å². The zero-order valence-electron chi connectivity index (χ0n) is 15.8. The van der Waals surface area contributed by atoms with Gasteiger partial charge in [-0.2, -0.15) is 28.1 Å². The molecule has 0 saturated carbocycles. The Kier molecular flexibility index (Phi) is 5.38. The monoisotopic (exact) mass is 440 g/mol. The third-order valence-electron chi connectivity index (χ3n) is 4.30. The number of hydrogen-bond acceptors (Lipinski definition) is 6. The lowest BCUT2D eigenvalue weighted by Crippen LogP contribution is -2.15. The van der Waals surface area contributed by atoms with Crippen molar-refractivity contribution in [3.8, 4) is 22.1 Å². The second kappa shape index (κ2) is 8.15. The first kappa shape index (κ1) is 20.5. The summed E-state index contributed by atoms with van der Waals surface area (Å²) >= 11 is 1.34. The number of amidine groups is 1. The third-order valence-corrected chi connectivity index (χ3v) is 5.16. The zero-order chi connectivity index (χ0) is 22.0. The van der Waals surface area contributed by atoms with Crippen LogP contribution in [0, 0.1) is 0 Å². The molecular formula is C21H15F3N6S. The molecule has 6 nitrogen and oxygen atoms in total. The topological polar surface area (TPSA) is 103 Å². The number of aromatic nitrogens is 3. The van der Waals surface area contributed by atoms with Crippen LogP contribution in [0.15, 0.2) is 71.0 Å². The first-order valence-corrected chi connectivity index (χ1v) is 9.86. The highest BCUT2D eigenvalue weighted by atomic mass is 32.1. The Bertz CT molecular complexity index is 1250. The van der Waals surface area contributed by atoms with Crippen molar-refractivity contribution >= 4 is 28.8 Å². The molecule has 0 radical (unpaired) electrons. The number of nitrogens with two attached hydrogens (primary N) is 2. The molecule has 156 valence electrons. The maximum absolute atomic E-state index is 13.6. The summed E-state index contributed by atoms with van der Waals surface area (Å²) in [6.45, 7) is 0. The molecule has 0 bridgehead atoms. The van der Waals surface area contributed by atoms with E-state index in [4.69, 9.17) is 11.5 Å². The van der Waals surface area contributed by atoms with E-state index in [1.165, 1.54) is 29.5 Å². The van der Waals surface area contributed by atoms with E-state index in [9.17, 15) is 13.2 Å². The molecule has 4 rings (SSSR count). The maximum Gasteiger partial charge on any atom is 0.417 e. The van der Waals surface area contributed by atoms with Gasteiger partial charge >= 0.3 is 6.18 Å². The minimum atomic E-state index is -4.58. The van der Waals surface area contributed by atoms with Gasteiger partial charge in [-0.1, -0.05) is 36.4 Å². The molecule has 2 aromatic carbocycles. The summed E-state index contributed by atoms with van der Waals surface area (Å²) in [6.07, 6.45) is -4.58. The number of halogens is 3. The molecule has 0 spiro atoms. The molecule has 0 atom stereocenters. The zero-order valence-corrected chi connectivity index (χ0v) is 16.7. The number of thiophene rings is 1. The van der Waals surface area contributed by atoms with Gasteiger partial charge in [-0.25, -0.2) is 4.98 Å². The Labute approximate surface area is 179 Å². The van der Waals surface area contributed by atoms with Crippen LogP contribution in [0.2, 0.25) is 0 Å². The fraction of sp³-hybridized carbons (Fsp3) is 0.0476. The van der Waals surface area contributed by atoms with Gasteiger partial charge in [-0.05, 0) is 29.6 Å². The predicted molar refractivity (Wildman–Crippen MR) is 115 cm³/mol. The van der Waals surface area contributed by atoms with Gasteiger partial charge in [0.2, 0.25) is 0 Å². The third kappa shape index (κ3) is 4.38. The van der Waals surface area contributed by atoms with Crippen molar-refractivity contribution in [3.05, 3.63) is 77.2 Å². The number of nitrogen functional groups attached to an aromatic ring is 1. The van der Waals surface area contributed by atoms with E-state index in [0.717, 1.165) is 6.07 Å². The molecule has 0 unspecified atom stereocenters. The van der Waals surface area contributed by atoms with Gasteiger partial charge in [0, 0.05) is 16.8 Å². The number of alkyl halides is 3. The van der Waals surface area contributed by atoms with Crippen LogP contribution in [0.5, 0.6) is 0 Å². The SMILES string of the molecule is N/C(=N\c1nc(-c2cccs2)nc(-c2ccccc2C(F)(F)F)n1)c1ccccc1N. The van der Waals surface area contributed by atoms with Crippen LogP contribution in [0.3, 0.4) is 0 Å². The van der Waals surface area contributed by atoms with Crippen LogP contribution in [0.4, 0.5) is 24.8 Å². The molecule has 0 fully saturated rings. The highest BCUT2D eigenvalue weighted by molar-refractivity contribution is 7.13. The van der Waals surface area contributed by atoms with Gasteiger partial charge < -0.3 is 11.5 Å². The molecule has 0 aliphatic carbocycles. The smallest absolute Gasteiger partial charge is 0.398 e. The average molecular weight is 440 g/mol. The van der Waals surface area contributed by atoms with Gasteiger partial charge in [0.25, 0.3) is 5.95 Å². The lowest BCUT2D eigenvalue weighted by molar-refractivity contribution is -0.137. The Hall–Kier alpha value is -3.79. The highest BCUT2D eigenvalue weighted by Gasteiger charge is 2.34. The molecule has 31 heavy (non-hydrogen) atoms. The predicted octanol–water partition coefficient (Wildman–Crippen LogP) is 4.91. The second-order valence-corrected chi connectivity index (χ2v) is 7.34. The molecule has 0 aliphatic heterocycles. The Morgan fingerprint density at radius 3 is 2.29 bits per heavy atom. The van der Waals surface area contributed by atoms with Crippen molar-refractivity contribution in [1.82, 2.24) is 15.0 Å². The fourth-order valence-electron chi connectivity index (χ4n) is 2.87. The Balaban J connectivity index is 1.90. The van der Waals surface area contributed by atoms with Crippen molar-refractivity contribution < 1.29 is 13.2 Å². The van der Waals surface area contributed by atoms with E-state index >= 15 is 0 Å². The van der Waals surface area contributed by atoms with Crippen LogP contribution < -0.4 is 11.5 Å². The number of nitrogens with zero attached hydrogens (tertiary/aromatic N) is 4. The minimum Gasteiger partial charge on any atom is -0.398 e. The molecule has 0 aliphatic rings. The summed E-state index contributed by atoms with van der Waals surface area (Å²) in [7, 11) is 0. The van der Waals surface area contributed by atoms with Gasteiger partial charge in [-0.3, -0.25) is 0 Å². The van der Waals surface area contributed by atoms with Crippen molar-refractivity contribution in [2.24, 2.45) is 10.7 Å². The van der Waals surface area contributed by atoms with Crippen molar-refractivity contribution in [3.63, 3.8) is 0 Å². The average Bonchev–Trinajstić information content (AvgIpc) is 3.28. The summed E-state index contributed by atoms with van der Waals surface area (Å²) in [5, 5.41) is 1.81. The number of anilines is 1. The number of benzene rings is 2. The van der Waals surface area contributed by atoms with Crippen LogP contribution >= 0.6 is 11.3 Å². The normalized spacial score (nSPS) is 12.2. The Morgan fingerprint density at radius 1 is 0.871 bits per heavy atom. The van der Waals surface area contributed by atoms with E-state index in [1.54, 1.807) is 36.4 Å².